The molecule has 1 heterocycles. The zero-order chi connectivity index (χ0) is 19.6. The third-order valence-corrected chi connectivity index (χ3v) is 5.82. The predicted octanol–water partition coefficient (Wildman–Crippen LogP) is 3.05. The third-order valence-electron chi connectivity index (χ3n) is 4.44. The average molecular weight is 389 g/mol. The van der Waals surface area contributed by atoms with Crippen LogP contribution in [0.1, 0.15) is 20.8 Å². The first-order valence-electron chi connectivity index (χ1n) is 8.83. The Hall–Kier alpha value is -2.74. The first-order valence-corrected chi connectivity index (χ1v) is 10.3. The van der Waals surface area contributed by atoms with Gasteiger partial charge in [0.2, 0.25) is 0 Å². The highest BCUT2D eigenvalue weighted by atomic mass is 32.2. The molecule has 2 aromatic carbocycles. The van der Waals surface area contributed by atoms with Crippen LogP contribution in [0.2, 0.25) is 0 Å². The highest BCUT2D eigenvalue weighted by Crippen LogP contribution is 2.32. The number of rotatable bonds is 6. The van der Waals surface area contributed by atoms with Crippen LogP contribution in [0.15, 0.2) is 47.4 Å². The molecule has 1 atom stereocenters. The summed E-state index contributed by atoms with van der Waals surface area (Å²) in [5, 5.41) is 2.66. The molecule has 1 unspecified atom stereocenters. The van der Waals surface area contributed by atoms with Crippen LogP contribution in [0.25, 0.3) is 0 Å². The Morgan fingerprint density at radius 2 is 1.78 bits per heavy atom. The van der Waals surface area contributed by atoms with Crippen LogP contribution in [0.3, 0.4) is 0 Å². The van der Waals surface area contributed by atoms with Crippen molar-refractivity contribution in [2.45, 2.75) is 31.8 Å². The van der Waals surface area contributed by atoms with Gasteiger partial charge >= 0.3 is 0 Å². The molecule has 2 aromatic rings. The second kappa shape index (κ2) is 7.48. The van der Waals surface area contributed by atoms with Gasteiger partial charge in [-0.25, -0.2) is 8.42 Å². The predicted molar refractivity (Wildman–Crippen MR) is 106 cm³/mol. The fourth-order valence-corrected chi connectivity index (χ4v) is 3.98. The monoisotopic (exact) mass is 389 g/mol. The molecule has 7 nitrogen and oxygen atoms in total. The molecule has 0 saturated carbocycles. The van der Waals surface area contributed by atoms with Crippen molar-refractivity contribution in [1.82, 2.24) is 0 Å². The third kappa shape index (κ3) is 4.00. The Bertz CT molecular complexity index is 938. The Morgan fingerprint density at radius 3 is 2.41 bits per heavy atom. The number of fused-ring (bicyclic) bond motifs is 1. The normalized spacial score (nSPS) is 16.1. The van der Waals surface area contributed by atoms with Crippen molar-refractivity contribution in [3.05, 3.63) is 42.5 Å². The summed E-state index contributed by atoms with van der Waals surface area (Å²) in [5.74, 6) is 0.140. The van der Waals surface area contributed by atoms with Crippen LogP contribution in [0.4, 0.5) is 17.1 Å². The van der Waals surface area contributed by atoms with Crippen LogP contribution in [0, 0.1) is 0 Å². The topological polar surface area (TPSA) is 87.7 Å². The van der Waals surface area contributed by atoms with Gasteiger partial charge in [-0.2, -0.15) is 0 Å². The van der Waals surface area contributed by atoms with E-state index in [0.717, 1.165) is 18.8 Å². The van der Waals surface area contributed by atoms with Crippen LogP contribution in [-0.2, 0) is 14.8 Å². The van der Waals surface area contributed by atoms with Gasteiger partial charge < -0.3 is 15.0 Å². The maximum atomic E-state index is 12.7. The van der Waals surface area contributed by atoms with Crippen LogP contribution < -0.4 is 19.7 Å². The van der Waals surface area contributed by atoms with Gasteiger partial charge in [0.1, 0.15) is 5.75 Å². The van der Waals surface area contributed by atoms with Crippen molar-refractivity contribution in [2.75, 3.05) is 28.0 Å². The molecule has 0 saturated heterocycles. The molecule has 3 rings (SSSR count). The summed E-state index contributed by atoms with van der Waals surface area (Å²) in [5.41, 5.74) is 1.85. The molecule has 0 bridgehead atoms. The number of carbonyl (C=O) groups is 1. The van der Waals surface area contributed by atoms with E-state index in [9.17, 15) is 13.2 Å². The minimum atomic E-state index is -3.79. The summed E-state index contributed by atoms with van der Waals surface area (Å²) in [6.45, 7) is 7.53. The largest absolute Gasteiger partial charge is 0.479 e. The first-order chi connectivity index (χ1) is 12.8. The SMILES string of the molecule is CCN(CC)c1ccc(NS(=O)(=O)c2ccc3c(c2)NC(=O)C(C)O3)cc1. The molecule has 144 valence electrons. The summed E-state index contributed by atoms with van der Waals surface area (Å²) in [6.07, 6.45) is -0.609. The maximum Gasteiger partial charge on any atom is 0.265 e. The van der Waals surface area contributed by atoms with Crippen LogP contribution >= 0.6 is 0 Å². The fraction of sp³-hybridized carbons (Fsp3) is 0.316. The molecule has 27 heavy (non-hydrogen) atoms. The number of hydrogen-bond donors (Lipinski definition) is 2. The molecule has 8 heteroatoms. The van der Waals surface area contributed by atoms with Gasteiger partial charge in [-0.05, 0) is 63.2 Å². The number of nitrogens with zero attached hydrogens (tertiary/aromatic N) is 1. The molecule has 0 spiro atoms. The van der Waals surface area contributed by atoms with Crippen molar-refractivity contribution in [2.24, 2.45) is 0 Å². The molecule has 0 aliphatic carbocycles. The highest BCUT2D eigenvalue weighted by molar-refractivity contribution is 7.92. The summed E-state index contributed by atoms with van der Waals surface area (Å²) in [6, 6.07) is 11.6. The molecule has 2 N–H and O–H groups in total. The Morgan fingerprint density at radius 1 is 1.11 bits per heavy atom. The molecule has 1 amide bonds. The number of benzene rings is 2. The second-order valence-electron chi connectivity index (χ2n) is 6.23. The molecule has 0 fully saturated rings. The van der Waals surface area contributed by atoms with Gasteiger partial charge in [0.15, 0.2) is 6.10 Å². The number of nitrogens with one attached hydrogen (secondary N) is 2. The number of amides is 1. The standard InChI is InChI=1S/C19H23N3O4S/c1-4-22(5-2)15-8-6-14(7-9-15)21-27(24,25)16-10-11-18-17(12-16)20-19(23)13(3)26-18/h6-13,21H,4-5H2,1-3H3,(H,20,23). The van der Waals surface area contributed by atoms with Crippen molar-refractivity contribution < 1.29 is 17.9 Å². The van der Waals surface area contributed by atoms with Gasteiger partial charge in [0.25, 0.3) is 15.9 Å². The van der Waals surface area contributed by atoms with Gasteiger partial charge in [0.05, 0.1) is 10.6 Å². The van der Waals surface area contributed by atoms with Crippen molar-refractivity contribution in [3.8, 4) is 5.75 Å². The number of anilines is 3. The Balaban J connectivity index is 1.81. The quantitative estimate of drug-likeness (QED) is 0.793. The van der Waals surface area contributed by atoms with Gasteiger partial charge in [-0.1, -0.05) is 0 Å². The van der Waals surface area contributed by atoms with E-state index in [1.54, 1.807) is 25.1 Å². The van der Waals surface area contributed by atoms with E-state index in [0.29, 0.717) is 17.1 Å². The molecular formula is C19H23N3O4S. The molecule has 1 aliphatic rings. The molecule has 1 aliphatic heterocycles. The van der Waals surface area contributed by atoms with E-state index in [2.05, 4.69) is 28.8 Å². The summed E-state index contributed by atoms with van der Waals surface area (Å²) in [7, 11) is -3.79. The van der Waals surface area contributed by atoms with Crippen LogP contribution in [0.5, 0.6) is 5.75 Å². The van der Waals surface area contributed by atoms with Gasteiger partial charge in [-0.3, -0.25) is 9.52 Å². The molecule has 0 radical (unpaired) electrons. The lowest BCUT2D eigenvalue weighted by Crippen LogP contribution is -2.34. The number of sulfonamides is 1. The summed E-state index contributed by atoms with van der Waals surface area (Å²) >= 11 is 0. The lowest BCUT2D eigenvalue weighted by Gasteiger charge is -2.23. The Labute approximate surface area is 159 Å². The van der Waals surface area contributed by atoms with Gasteiger partial charge in [0, 0.05) is 24.5 Å². The zero-order valence-corrected chi connectivity index (χ0v) is 16.3. The zero-order valence-electron chi connectivity index (χ0n) is 15.5. The highest BCUT2D eigenvalue weighted by Gasteiger charge is 2.25. The van der Waals surface area contributed by atoms with E-state index in [-0.39, 0.29) is 10.8 Å². The number of carbonyl (C=O) groups excluding carboxylic acids is 1. The second-order valence-corrected chi connectivity index (χ2v) is 7.91. The number of hydrogen-bond acceptors (Lipinski definition) is 5. The number of ether oxygens (including phenoxy) is 1. The Kier molecular flexibility index (Phi) is 5.27. The van der Waals surface area contributed by atoms with E-state index in [1.807, 2.05) is 12.1 Å². The smallest absolute Gasteiger partial charge is 0.265 e. The average Bonchev–Trinajstić information content (AvgIpc) is 2.64. The van der Waals surface area contributed by atoms with E-state index < -0.39 is 16.1 Å². The maximum absolute atomic E-state index is 12.7. The summed E-state index contributed by atoms with van der Waals surface area (Å²) < 4.78 is 33.4. The van der Waals surface area contributed by atoms with Crippen LogP contribution in [-0.4, -0.2) is 33.5 Å². The van der Waals surface area contributed by atoms with E-state index in [4.69, 9.17) is 4.74 Å². The van der Waals surface area contributed by atoms with Crippen molar-refractivity contribution >= 4 is 33.0 Å². The summed E-state index contributed by atoms with van der Waals surface area (Å²) in [4.78, 5) is 14.0. The molecular weight excluding hydrogens is 366 g/mol. The van der Waals surface area contributed by atoms with E-state index in [1.165, 1.54) is 12.1 Å². The van der Waals surface area contributed by atoms with Crippen molar-refractivity contribution in [1.29, 1.82) is 0 Å². The minimum absolute atomic E-state index is 0.0486. The lowest BCUT2D eigenvalue weighted by molar-refractivity contribution is -0.122. The fourth-order valence-electron chi connectivity index (χ4n) is 2.90. The van der Waals surface area contributed by atoms with Gasteiger partial charge in [-0.15, -0.1) is 0 Å². The first kappa shape index (κ1) is 19.0. The minimum Gasteiger partial charge on any atom is -0.479 e. The van der Waals surface area contributed by atoms with E-state index >= 15 is 0 Å². The lowest BCUT2D eigenvalue weighted by atomic mass is 10.2. The molecule has 0 aromatic heterocycles. The van der Waals surface area contributed by atoms with Crippen molar-refractivity contribution in [3.63, 3.8) is 0 Å².